The summed E-state index contributed by atoms with van der Waals surface area (Å²) in [5.41, 5.74) is 3.26. The van der Waals surface area contributed by atoms with Crippen LogP contribution >= 0.6 is 11.6 Å². The van der Waals surface area contributed by atoms with Gasteiger partial charge in [0.25, 0.3) is 0 Å². The van der Waals surface area contributed by atoms with Crippen LogP contribution in [-0.4, -0.2) is 16.9 Å². The minimum Gasteiger partial charge on any atom is -0.452 e. The van der Waals surface area contributed by atoms with Gasteiger partial charge in [-0.25, -0.2) is 0 Å². The van der Waals surface area contributed by atoms with Crippen LogP contribution in [0.2, 0.25) is 5.15 Å². The maximum atomic E-state index is 12.9. The Bertz CT molecular complexity index is 1210. The van der Waals surface area contributed by atoms with E-state index < -0.39 is 5.97 Å². The fraction of sp³-hybridized carbons (Fsp3) is 0.240. The van der Waals surface area contributed by atoms with Crippen LogP contribution in [-0.2, 0) is 11.2 Å². The number of nitrogens with zero attached hydrogens (tertiary/aromatic N) is 1. The lowest BCUT2D eigenvalue weighted by Crippen LogP contribution is -2.09. The number of aromatic nitrogens is 1. The average Bonchev–Trinajstić information content (AvgIpc) is 3.30. The summed E-state index contributed by atoms with van der Waals surface area (Å²) in [6.07, 6.45) is 2.14. The van der Waals surface area contributed by atoms with Gasteiger partial charge in [0.05, 0.1) is 12.0 Å². The Hall–Kier alpha value is -3.38. The summed E-state index contributed by atoms with van der Waals surface area (Å²) in [6, 6.07) is 12.8. The first-order valence-electron chi connectivity index (χ1n) is 10.3. The number of carbonyl (C=O) groups is 2. The van der Waals surface area contributed by atoms with Crippen LogP contribution < -0.4 is 9.47 Å². The van der Waals surface area contributed by atoms with Crippen LogP contribution in [0.3, 0.4) is 0 Å². The predicted octanol–water partition coefficient (Wildman–Crippen LogP) is 5.91. The van der Waals surface area contributed by atoms with Crippen LogP contribution in [0.15, 0.2) is 52.7 Å². The number of rotatable bonds is 6. The molecule has 1 aliphatic heterocycles. The number of ketones is 1. The summed E-state index contributed by atoms with van der Waals surface area (Å²) in [5.74, 6) is 1.24. The van der Waals surface area contributed by atoms with Crippen LogP contribution in [0.5, 0.6) is 11.5 Å². The normalized spacial score (nSPS) is 14.0. The molecule has 164 valence electrons. The molecule has 3 aromatic rings. The minimum atomic E-state index is -0.442. The van der Waals surface area contributed by atoms with Crippen molar-refractivity contribution in [2.45, 2.75) is 39.5 Å². The number of fused-ring (bicyclic) bond motifs is 1. The molecule has 1 aliphatic rings. The number of benzene rings is 2. The lowest BCUT2D eigenvalue weighted by Gasteiger charge is -2.07. The maximum Gasteiger partial charge on any atom is 0.311 e. The molecule has 0 bridgehead atoms. The number of halogens is 1. The van der Waals surface area contributed by atoms with Crippen molar-refractivity contribution in [1.29, 1.82) is 0 Å². The van der Waals surface area contributed by atoms with Crippen LogP contribution in [0.1, 0.15) is 59.0 Å². The van der Waals surface area contributed by atoms with E-state index in [9.17, 15) is 9.59 Å². The second-order valence-corrected chi connectivity index (χ2v) is 8.35. The van der Waals surface area contributed by atoms with Gasteiger partial charge in [-0.1, -0.05) is 54.9 Å². The lowest BCUT2D eigenvalue weighted by molar-refractivity contribution is -0.134. The van der Waals surface area contributed by atoms with E-state index in [4.69, 9.17) is 25.6 Å². The topological polar surface area (TPSA) is 78.6 Å². The maximum absolute atomic E-state index is 12.9. The fourth-order valence-corrected chi connectivity index (χ4v) is 3.63. The van der Waals surface area contributed by atoms with Gasteiger partial charge in [0.15, 0.2) is 10.9 Å². The minimum absolute atomic E-state index is 0.0962. The van der Waals surface area contributed by atoms with Crippen molar-refractivity contribution in [1.82, 2.24) is 5.16 Å². The number of hydrogen-bond donors (Lipinski definition) is 0. The first-order valence-corrected chi connectivity index (χ1v) is 10.7. The second kappa shape index (κ2) is 9.01. The van der Waals surface area contributed by atoms with Gasteiger partial charge in [0.1, 0.15) is 17.3 Å². The molecule has 0 spiro atoms. The Labute approximate surface area is 190 Å². The van der Waals surface area contributed by atoms with Crippen molar-refractivity contribution in [2.24, 2.45) is 0 Å². The predicted molar refractivity (Wildman–Crippen MR) is 120 cm³/mol. The number of carbonyl (C=O) groups excluding carboxylic acids is 2. The van der Waals surface area contributed by atoms with Gasteiger partial charge >= 0.3 is 5.97 Å². The number of aryl methyl sites for hydroxylation is 2. The first kappa shape index (κ1) is 21.8. The van der Waals surface area contributed by atoms with Crippen molar-refractivity contribution in [3.63, 3.8) is 0 Å². The Kier molecular flexibility index (Phi) is 6.15. The van der Waals surface area contributed by atoms with Gasteiger partial charge in [-0.15, -0.1) is 0 Å². The summed E-state index contributed by atoms with van der Waals surface area (Å²) in [4.78, 5) is 25.1. The van der Waals surface area contributed by atoms with Gasteiger partial charge in [-0.2, -0.15) is 0 Å². The molecule has 0 radical (unpaired) electrons. The summed E-state index contributed by atoms with van der Waals surface area (Å²) >= 11 is 5.70. The molecule has 1 aromatic heterocycles. The molecule has 0 N–H and O–H groups in total. The van der Waals surface area contributed by atoms with Crippen LogP contribution in [0, 0.1) is 6.92 Å². The van der Waals surface area contributed by atoms with Crippen LogP contribution in [0.4, 0.5) is 0 Å². The molecule has 0 fully saturated rings. The molecule has 0 aliphatic carbocycles. The zero-order valence-corrected chi connectivity index (χ0v) is 18.7. The van der Waals surface area contributed by atoms with E-state index in [1.807, 2.05) is 24.3 Å². The third kappa shape index (κ3) is 4.75. The highest BCUT2D eigenvalue weighted by molar-refractivity contribution is 6.29. The molecule has 6 nitrogen and oxygen atoms in total. The van der Waals surface area contributed by atoms with Crippen molar-refractivity contribution < 1.29 is 23.6 Å². The van der Waals surface area contributed by atoms with Gasteiger partial charge < -0.3 is 14.0 Å². The molecule has 2 heterocycles. The number of ether oxygens (including phenoxy) is 2. The molecule has 4 rings (SSSR count). The van der Waals surface area contributed by atoms with Crippen molar-refractivity contribution >= 4 is 29.4 Å². The Morgan fingerprint density at radius 2 is 1.94 bits per heavy atom. The Morgan fingerprint density at radius 1 is 1.19 bits per heavy atom. The molecule has 0 saturated heterocycles. The third-order valence-corrected chi connectivity index (χ3v) is 5.36. The van der Waals surface area contributed by atoms with Crippen molar-refractivity contribution in [3.8, 4) is 11.5 Å². The number of esters is 1. The smallest absolute Gasteiger partial charge is 0.311 e. The summed E-state index contributed by atoms with van der Waals surface area (Å²) < 4.78 is 16.2. The van der Waals surface area contributed by atoms with Gasteiger partial charge in [0.2, 0.25) is 5.78 Å². The molecule has 0 amide bonds. The Morgan fingerprint density at radius 3 is 2.59 bits per heavy atom. The number of hydrogen-bond acceptors (Lipinski definition) is 6. The van der Waals surface area contributed by atoms with Crippen molar-refractivity contribution in [3.05, 3.63) is 81.4 Å². The van der Waals surface area contributed by atoms with E-state index in [1.54, 1.807) is 31.2 Å². The highest BCUT2D eigenvalue weighted by Gasteiger charge is 2.30. The van der Waals surface area contributed by atoms with Gasteiger partial charge in [-0.05, 0) is 41.7 Å². The van der Waals surface area contributed by atoms with E-state index in [0.29, 0.717) is 40.7 Å². The van der Waals surface area contributed by atoms with E-state index in [-0.39, 0.29) is 23.1 Å². The average molecular weight is 452 g/mol. The van der Waals surface area contributed by atoms with E-state index >= 15 is 0 Å². The van der Waals surface area contributed by atoms with Crippen LogP contribution in [0.25, 0.3) is 6.08 Å². The molecular formula is C25H22ClNO5. The molecule has 2 aromatic carbocycles. The molecule has 0 atom stereocenters. The molecule has 32 heavy (non-hydrogen) atoms. The van der Waals surface area contributed by atoms with Crippen molar-refractivity contribution in [2.75, 3.05) is 0 Å². The van der Waals surface area contributed by atoms with E-state index in [2.05, 4.69) is 19.0 Å². The number of Topliss-reactive ketones (excluding diaryl/α,β-unsaturated/α-hetero) is 1. The SMILES string of the molecule is Cc1cc(OC(=O)CCc2cc(Cl)no2)cc2c1C(=O)/C(=C/c1ccc(C(C)C)cc1)O2. The summed E-state index contributed by atoms with van der Waals surface area (Å²) in [5, 5.41) is 3.81. The highest BCUT2D eigenvalue weighted by atomic mass is 35.5. The zero-order valence-electron chi connectivity index (χ0n) is 18.0. The summed E-state index contributed by atoms with van der Waals surface area (Å²) in [6.45, 7) is 6.05. The monoisotopic (exact) mass is 451 g/mol. The first-order chi connectivity index (χ1) is 15.3. The Balaban J connectivity index is 1.47. The largest absolute Gasteiger partial charge is 0.452 e. The zero-order chi connectivity index (χ0) is 22.8. The molecular weight excluding hydrogens is 430 g/mol. The number of allylic oxidation sites excluding steroid dienone is 1. The fourth-order valence-electron chi connectivity index (χ4n) is 3.48. The van der Waals surface area contributed by atoms with E-state index in [1.165, 1.54) is 5.56 Å². The molecule has 7 heteroatoms. The molecule has 0 unspecified atom stereocenters. The standard InChI is InChI=1S/C25H22ClNO5/c1-14(2)17-6-4-16(5-7-17)11-21-25(29)24-15(3)10-19(12-20(24)31-21)30-23(28)9-8-18-13-22(26)27-32-18/h4-7,10-14H,8-9H2,1-3H3/b21-11-. The van der Waals surface area contributed by atoms with Gasteiger partial charge in [-0.3, -0.25) is 9.59 Å². The quantitative estimate of drug-likeness (QED) is 0.263. The van der Waals surface area contributed by atoms with Gasteiger partial charge in [0, 0.05) is 18.6 Å². The third-order valence-electron chi connectivity index (χ3n) is 5.18. The summed E-state index contributed by atoms with van der Waals surface area (Å²) in [7, 11) is 0. The van der Waals surface area contributed by atoms with E-state index in [0.717, 1.165) is 5.56 Å². The lowest BCUT2D eigenvalue weighted by atomic mass is 10.0. The second-order valence-electron chi connectivity index (χ2n) is 7.96. The highest BCUT2D eigenvalue weighted by Crippen LogP contribution is 2.37. The molecule has 0 saturated carbocycles.